The van der Waals surface area contributed by atoms with Crippen LogP contribution in [0, 0.1) is 0 Å². The van der Waals surface area contributed by atoms with E-state index >= 15 is 0 Å². The van der Waals surface area contributed by atoms with Crippen molar-refractivity contribution in [2.45, 2.75) is 20.4 Å². The summed E-state index contributed by atoms with van der Waals surface area (Å²) >= 11 is 5.37. The summed E-state index contributed by atoms with van der Waals surface area (Å²) in [5.41, 5.74) is 1.58. The minimum Gasteiger partial charge on any atom is -0.359 e. The molecule has 1 aromatic heterocycles. The third-order valence-corrected chi connectivity index (χ3v) is 3.62. The summed E-state index contributed by atoms with van der Waals surface area (Å²) in [6, 6.07) is 7.30. The maximum absolute atomic E-state index is 12.1. The average Bonchev–Trinajstić information content (AvgIpc) is 2.50. The monoisotopic (exact) mass is 316 g/mol. The summed E-state index contributed by atoms with van der Waals surface area (Å²) in [6.45, 7) is 9.60. The van der Waals surface area contributed by atoms with Crippen LogP contribution in [0.1, 0.15) is 19.7 Å². The van der Waals surface area contributed by atoms with E-state index in [4.69, 9.17) is 12.2 Å². The highest BCUT2D eigenvalue weighted by Crippen LogP contribution is 2.07. The topological polar surface area (TPSA) is 61.0 Å². The van der Waals surface area contributed by atoms with Crippen LogP contribution in [0.5, 0.6) is 0 Å². The second-order valence-corrected chi connectivity index (χ2v) is 5.55. The minimum absolute atomic E-state index is 0.127. The van der Waals surface area contributed by atoms with E-state index < -0.39 is 0 Å². The van der Waals surface area contributed by atoms with Gasteiger partial charge < -0.3 is 15.2 Å². The molecule has 6 heteroatoms. The molecule has 0 spiro atoms. The van der Waals surface area contributed by atoms with E-state index in [0.29, 0.717) is 34.9 Å². The fraction of sp³-hybridized carbons (Fsp3) is 0.312. The molecule has 0 saturated carbocycles. The zero-order valence-electron chi connectivity index (χ0n) is 12.8. The van der Waals surface area contributed by atoms with Gasteiger partial charge in [0.15, 0.2) is 5.11 Å². The molecule has 0 unspecified atom stereocenters. The number of H-pyrrole nitrogens is 1. The van der Waals surface area contributed by atoms with Crippen LogP contribution in [0.15, 0.2) is 41.2 Å². The van der Waals surface area contributed by atoms with Gasteiger partial charge in [0, 0.05) is 13.1 Å². The molecule has 1 heterocycles. The Morgan fingerprint density at radius 2 is 2.18 bits per heavy atom. The number of aromatic nitrogens is 2. The summed E-state index contributed by atoms with van der Waals surface area (Å²) in [7, 11) is 0. The number of thiocarbonyl (C=S) groups is 1. The summed E-state index contributed by atoms with van der Waals surface area (Å²) in [5.74, 6) is 0.602. The molecule has 5 nitrogen and oxygen atoms in total. The molecule has 22 heavy (non-hydrogen) atoms. The number of benzene rings is 1. The van der Waals surface area contributed by atoms with E-state index in [1.165, 1.54) is 0 Å². The fourth-order valence-corrected chi connectivity index (χ4v) is 2.32. The van der Waals surface area contributed by atoms with E-state index in [2.05, 4.69) is 21.9 Å². The van der Waals surface area contributed by atoms with Crippen LogP contribution in [-0.2, 0) is 6.54 Å². The van der Waals surface area contributed by atoms with Crippen LogP contribution in [0.2, 0.25) is 0 Å². The first kappa shape index (κ1) is 16.2. The lowest BCUT2D eigenvalue weighted by atomic mass is 10.2. The first-order valence-corrected chi connectivity index (χ1v) is 7.57. The molecule has 0 radical (unpaired) electrons. The van der Waals surface area contributed by atoms with Crippen molar-refractivity contribution >= 4 is 28.2 Å². The smallest absolute Gasteiger partial charge is 0.258 e. The summed E-state index contributed by atoms with van der Waals surface area (Å²) < 4.78 is 0. The van der Waals surface area contributed by atoms with Crippen molar-refractivity contribution in [1.29, 1.82) is 0 Å². The molecule has 2 aromatic rings. The Kier molecular flexibility index (Phi) is 5.27. The number of aromatic amines is 1. The predicted molar refractivity (Wildman–Crippen MR) is 93.9 cm³/mol. The van der Waals surface area contributed by atoms with Gasteiger partial charge in [-0.05, 0) is 38.2 Å². The summed E-state index contributed by atoms with van der Waals surface area (Å²) in [5, 5.41) is 4.36. The molecule has 0 aliphatic heterocycles. The summed E-state index contributed by atoms with van der Waals surface area (Å²) in [6.07, 6.45) is 0. The Morgan fingerprint density at radius 1 is 1.45 bits per heavy atom. The van der Waals surface area contributed by atoms with Crippen molar-refractivity contribution in [3.05, 3.63) is 52.6 Å². The highest BCUT2D eigenvalue weighted by molar-refractivity contribution is 7.80. The van der Waals surface area contributed by atoms with Gasteiger partial charge >= 0.3 is 0 Å². The van der Waals surface area contributed by atoms with E-state index in [1.807, 2.05) is 36.9 Å². The number of fused-ring (bicyclic) bond motifs is 1. The molecule has 2 rings (SSSR count). The second-order valence-electron chi connectivity index (χ2n) is 5.16. The Morgan fingerprint density at radius 3 is 2.86 bits per heavy atom. The van der Waals surface area contributed by atoms with Crippen LogP contribution in [0.4, 0.5) is 0 Å². The van der Waals surface area contributed by atoms with Gasteiger partial charge in [-0.15, -0.1) is 0 Å². The van der Waals surface area contributed by atoms with E-state index in [0.717, 1.165) is 12.1 Å². The maximum Gasteiger partial charge on any atom is 0.258 e. The Labute approximate surface area is 135 Å². The highest BCUT2D eigenvalue weighted by atomic mass is 32.1. The van der Waals surface area contributed by atoms with Gasteiger partial charge in [-0.1, -0.05) is 24.3 Å². The molecule has 2 N–H and O–H groups in total. The Hall–Kier alpha value is -2.21. The second kappa shape index (κ2) is 7.17. The molecule has 0 aliphatic rings. The lowest BCUT2D eigenvalue weighted by Crippen LogP contribution is -2.40. The van der Waals surface area contributed by atoms with Gasteiger partial charge in [0.05, 0.1) is 17.4 Å². The van der Waals surface area contributed by atoms with Gasteiger partial charge in [0.2, 0.25) is 0 Å². The van der Waals surface area contributed by atoms with Crippen molar-refractivity contribution < 1.29 is 0 Å². The number of rotatable bonds is 5. The number of hydrogen-bond acceptors (Lipinski definition) is 3. The Bertz CT molecular complexity index is 753. The lowest BCUT2D eigenvalue weighted by molar-refractivity contribution is 0.416. The first-order chi connectivity index (χ1) is 10.5. The van der Waals surface area contributed by atoms with Gasteiger partial charge in [-0.3, -0.25) is 4.79 Å². The van der Waals surface area contributed by atoms with Crippen molar-refractivity contribution in [3.8, 4) is 0 Å². The standard InChI is InChI=1S/C16H20N4OS/c1-4-20(16(22)17-9-11(2)3)10-14-18-13-8-6-5-7-12(13)15(21)19-14/h5-8H,2,4,9-10H2,1,3H3,(H,17,22)(H,18,19,21). The Balaban J connectivity index is 2.19. The van der Waals surface area contributed by atoms with Crippen molar-refractivity contribution in [1.82, 2.24) is 20.2 Å². The third-order valence-electron chi connectivity index (χ3n) is 3.21. The van der Waals surface area contributed by atoms with Crippen LogP contribution in [0.25, 0.3) is 10.9 Å². The normalized spacial score (nSPS) is 10.5. The molecule has 1 aromatic carbocycles. The van der Waals surface area contributed by atoms with E-state index in [1.54, 1.807) is 6.07 Å². The molecule has 116 valence electrons. The van der Waals surface area contributed by atoms with E-state index in [-0.39, 0.29) is 5.56 Å². The zero-order chi connectivity index (χ0) is 16.1. The first-order valence-electron chi connectivity index (χ1n) is 7.16. The molecular formula is C16H20N4OS. The van der Waals surface area contributed by atoms with Crippen LogP contribution in [-0.4, -0.2) is 33.1 Å². The quantitative estimate of drug-likeness (QED) is 0.654. The average molecular weight is 316 g/mol. The number of nitrogens with zero attached hydrogens (tertiary/aromatic N) is 2. The molecule has 0 saturated heterocycles. The van der Waals surface area contributed by atoms with Crippen molar-refractivity contribution in [3.63, 3.8) is 0 Å². The van der Waals surface area contributed by atoms with E-state index in [9.17, 15) is 4.79 Å². The van der Waals surface area contributed by atoms with Crippen LogP contribution >= 0.6 is 12.2 Å². The zero-order valence-corrected chi connectivity index (χ0v) is 13.7. The molecule has 0 bridgehead atoms. The number of nitrogens with one attached hydrogen (secondary N) is 2. The molecular weight excluding hydrogens is 296 g/mol. The minimum atomic E-state index is -0.127. The van der Waals surface area contributed by atoms with Gasteiger partial charge in [-0.2, -0.15) is 0 Å². The third kappa shape index (κ3) is 3.92. The van der Waals surface area contributed by atoms with Gasteiger partial charge in [-0.25, -0.2) is 4.98 Å². The molecule has 0 aliphatic carbocycles. The molecule has 0 atom stereocenters. The number of para-hydroxylation sites is 1. The van der Waals surface area contributed by atoms with Crippen LogP contribution < -0.4 is 10.9 Å². The lowest BCUT2D eigenvalue weighted by Gasteiger charge is -2.24. The van der Waals surface area contributed by atoms with Crippen molar-refractivity contribution in [2.75, 3.05) is 13.1 Å². The molecule has 0 fully saturated rings. The summed E-state index contributed by atoms with van der Waals surface area (Å²) in [4.78, 5) is 21.4. The largest absolute Gasteiger partial charge is 0.359 e. The highest BCUT2D eigenvalue weighted by Gasteiger charge is 2.11. The molecule has 0 amide bonds. The fourth-order valence-electron chi connectivity index (χ4n) is 2.06. The number of hydrogen-bond donors (Lipinski definition) is 2. The van der Waals surface area contributed by atoms with Crippen molar-refractivity contribution in [2.24, 2.45) is 0 Å². The SMILES string of the molecule is C=C(C)CNC(=S)N(CC)Cc1nc2ccccc2c(=O)[nH]1. The van der Waals surface area contributed by atoms with Gasteiger partial charge in [0.25, 0.3) is 5.56 Å². The van der Waals surface area contributed by atoms with Gasteiger partial charge in [0.1, 0.15) is 5.82 Å². The predicted octanol–water partition coefficient (Wildman–Crippen LogP) is 2.20. The maximum atomic E-state index is 12.1. The van der Waals surface area contributed by atoms with Crippen LogP contribution in [0.3, 0.4) is 0 Å².